The average Bonchev–Trinajstić information content (AvgIpc) is 3.17. The Kier molecular flexibility index (Phi) is 39.7. The molecule has 0 saturated carbocycles. The van der Waals surface area contributed by atoms with Gasteiger partial charge in [-0.2, -0.15) is 0 Å². The Morgan fingerprint density at radius 2 is 0.667 bits per heavy atom. The van der Waals surface area contributed by atoms with Gasteiger partial charge in [-0.15, -0.1) is 0 Å². The smallest absolute Gasteiger partial charge is 0.306 e. The largest absolute Gasteiger partial charge is 0.462 e. The molecule has 0 radical (unpaired) electrons. The standard InChI is InChI=1S/C48H78O6/c1-4-7-10-13-16-19-22-25-28-31-34-37-40-46(49)52-43-45(54-48(51)42-39-36-33-30-27-24-21-18-15-12-9-6-3)44-53-47(50)41-38-35-32-29-26-23-20-17-14-11-8-5-2/h7-12,16-21,25,28,45H,4-6,13-15,22-24,26-27,29-44H2,1-3H3/b10-7-,11-8-,12-9-,19-16-,20-17-,21-18-,28-25-. The van der Waals surface area contributed by atoms with Crippen molar-refractivity contribution in [1.29, 1.82) is 0 Å². The van der Waals surface area contributed by atoms with E-state index in [9.17, 15) is 14.4 Å². The van der Waals surface area contributed by atoms with E-state index in [-0.39, 0.29) is 31.1 Å². The Morgan fingerprint density at radius 3 is 1.07 bits per heavy atom. The van der Waals surface area contributed by atoms with Crippen LogP contribution in [0.3, 0.4) is 0 Å². The van der Waals surface area contributed by atoms with Crippen molar-refractivity contribution in [3.63, 3.8) is 0 Å². The van der Waals surface area contributed by atoms with Crippen molar-refractivity contribution in [3.8, 4) is 0 Å². The minimum atomic E-state index is -0.802. The van der Waals surface area contributed by atoms with Gasteiger partial charge in [-0.3, -0.25) is 14.4 Å². The van der Waals surface area contributed by atoms with Crippen LogP contribution in [0.1, 0.15) is 181 Å². The number of hydrogen-bond acceptors (Lipinski definition) is 6. The third kappa shape index (κ3) is 39.8. The molecule has 0 saturated heterocycles. The lowest BCUT2D eigenvalue weighted by Gasteiger charge is -2.18. The van der Waals surface area contributed by atoms with Crippen LogP contribution in [0.25, 0.3) is 0 Å². The van der Waals surface area contributed by atoms with Crippen LogP contribution in [-0.2, 0) is 28.6 Å². The Labute approximate surface area is 331 Å². The molecule has 6 heteroatoms. The summed E-state index contributed by atoms with van der Waals surface area (Å²) in [5.74, 6) is -0.985. The van der Waals surface area contributed by atoms with Crippen molar-refractivity contribution >= 4 is 17.9 Å². The predicted octanol–water partition coefficient (Wildman–Crippen LogP) is 13.7. The number of unbranched alkanes of at least 4 members (excludes halogenated alkanes) is 12. The van der Waals surface area contributed by atoms with E-state index in [0.29, 0.717) is 19.3 Å². The van der Waals surface area contributed by atoms with Crippen LogP contribution < -0.4 is 0 Å². The van der Waals surface area contributed by atoms with Gasteiger partial charge in [-0.25, -0.2) is 0 Å². The highest BCUT2D eigenvalue weighted by Gasteiger charge is 2.19. The number of ether oxygens (including phenoxy) is 3. The first-order valence-electron chi connectivity index (χ1n) is 21.6. The second-order valence-corrected chi connectivity index (χ2v) is 13.8. The van der Waals surface area contributed by atoms with E-state index in [1.165, 1.54) is 0 Å². The second kappa shape index (κ2) is 42.3. The van der Waals surface area contributed by atoms with Gasteiger partial charge in [0.1, 0.15) is 13.2 Å². The van der Waals surface area contributed by atoms with Crippen LogP contribution in [0.4, 0.5) is 0 Å². The fourth-order valence-electron chi connectivity index (χ4n) is 5.47. The van der Waals surface area contributed by atoms with Gasteiger partial charge in [0.15, 0.2) is 6.10 Å². The molecule has 1 atom stereocenters. The molecule has 0 rings (SSSR count). The van der Waals surface area contributed by atoms with Crippen LogP contribution in [0.5, 0.6) is 0 Å². The summed E-state index contributed by atoms with van der Waals surface area (Å²) >= 11 is 0. The van der Waals surface area contributed by atoms with E-state index < -0.39 is 6.10 Å². The first-order chi connectivity index (χ1) is 26.5. The molecule has 0 aliphatic rings. The van der Waals surface area contributed by atoms with Crippen LogP contribution in [0, 0.1) is 0 Å². The van der Waals surface area contributed by atoms with E-state index in [4.69, 9.17) is 14.2 Å². The highest BCUT2D eigenvalue weighted by Crippen LogP contribution is 2.12. The number of carbonyl (C=O) groups is 3. The van der Waals surface area contributed by atoms with Gasteiger partial charge in [-0.1, -0.05) is 144 Å². The van der Waals surface area contributed by atoms with E-state index in [1.54, 1.807) is 0 Å². The van der Waals surface area contributed by atoms with Crippen LogP contribution in [-0.4, -0.2) is 37.2 Å². The molecule has 1 unspecified atom stereocenters. The maximum atomic E-state index is 12.7. The van der Waals surface area contributed by atoms with Crippen molar-refractivity contribution in [2.75, 3.05) is 13.2 Å². The van der Waals surface area contributed by atoms with E-state index in [2.05, 4.69) is 106 Å². The summed E-state index contributed by atoms with van der Waals surface area (Å²) in [6.07, 6.45) is 52.9. The van der Waals surface area contributed by atoms with Crippen LogP contribution in [0.2, 0.25) is 0 Å². The van der Waals surface area contributed by atoms with E-state index in [0.717, 1.165) is 141 Å². The zero-order valence-corrected chi connectivity index (χ0v) is 34.7. The van der Waals surface area contributed by atoms with Gasteiger partial charge in [0.2, 0.25) is 0 Å². The number of hydrogen-bond donors (Lipinski definition) is 0. The SMILES string of the molecule is CC/C=C\C/C=C\C/C=C\CCCCC(=O)OCC(COC(=O)CCCCCCC/C=C\C/C=C\CC)OC(=O)CCCCCCC/C=C\C/C=C\CC. The highest BCUT2D eigenvalue weighted by atomic mass is 16.6. The zero-order valence-electron chi connectivity index (χ0n) is 34.7. The topological polar surface area (TPSA) is 78.9 Å². The molecule has 0 aromatic rings. The van der Waals surface area contributed by atoms with Gasteiger partial charge in [0.05, 0.1) is 0 Å². The summed E-state index contributed by atoms with van der Waals surface area (Å²) in [6.45, 7) is 6.21. The van der Waals surface area contributed by atoms with Gasteiger partial charge in [0.25, 0.3) is 0 Å². The number of esters is 3. The number of rotatable bonds is 37. The minimum Gasteiger partial charge on any atom is -0.462 e. The summed E-state index contributed by atoms with van der Waals surface area (Å²) in [5.41, 5.74) is 0. The summed E-state index contributed by atoms with van der Waals surface area (Å²) in [6, 6.07) is 0. The van der Waals surface area contributed by atoms with Crippen molar-refractivity contribution < 1.29 is 28.6 Å². The van der Waals surface area contributed by atoms with Gasteiger partial charge >= 0.3 is 17.9 Å². The van der Waals surface area contributed by atoms with Crippen molar-refractivity contribution in [3.05, 3.63) is 85.1 Å². The third-order valence-corrected chi connectivity index (χ3v) is 8.63. The maximum Gasteiger partial charge on any atom is 0.306 e. The first kappa shape index (κ1) is 50.6. The molecule has 0 bridgehead atoms. The Balaban J connectivity index is 4.50. The third-order valence-electron chi connectivity index (χ3n) is 8.63. The molecular formula is C48H78O6. The summed E-state index contributed by atoms with van der Waals surface area (Å²) in [4.78, 5) is 37.6. The molecule has 0 aromatic carbocycles. The first-order valence-corrected chi connectivity index (χ1v) is 21.6. The normalized spacial score (nSPS) is 12.9. The minimum absolute atomic E-state index is 0.104. The lowest BCUT2D eigenvalue weighted by molar-refractivity contribution is -0.167. The summed E-state index contributed by atoms with van der Waals surface area (Å²) in [7, 11) is 0. The Hall–Kier alpha value is -3.41. The van der Waals surface area contributed by atoms with Crippen molar-refractivity contribution in [2.24, 2.45) is 0 Å². The molecule has 0 amide bonds. The molecule has 0 aliphatic heterocycles. The molecule has 0 spiro atoms. The monoisotopic (exact) mass is 751 g/mol. The van der Waals surface area contributed by atoms with Gasteiger partial charge in [-0.05, 0) is 103 Å². The number of carbonyl (C=O) groups excluding carboxylic acids is 3. The lowest BCUT2D eigenvalue weighted by atomic mass is 10.1. The maximum absolute atomic E-state index is 12.7. The molecule has 0 fully saturated rings. The van der Waals surface area contributed by atoms with Crippen molar-refractivity contribution in [2.45, 2.75) is 187 Å². The molecule has 0 aliphatic carbocycles. The Bertz CT molecular complexity index is 1090. The molecule has 0 aromatic heterocycles. The lowest BCUT2D eigenvalue weighted by Crippen LogP contribution is -2.30. The van der Waals surface area contributed by atoms with E-state index >= 15 is 0 Å². The second-order valence-electron chi connectivity index (χ2n) is 13.8. The Morgan fingerprint density at radius 1 is 0.370 bits per heavy atom. The molecular weight excluding hydrogens is 673 g/mol. The van der Waals surface area contributed by atoms with Crippen LogP contribution >= 0.6 is 0 Å². The van der Waals surface area contributed by atoms with Gasteiger partial charge < -0.3 is 14.2 Å². The van der Waals surface area contributed by atoms with Crippen LogP contribution in [0.15, 0.2) is 85.1 Å². The molecule has 0 N–H and O–H groups in total. The summed E-state index contributed by atoms with van der Waals surface area (Å²) in [5, 5.41) is 0. The molecule has 306 valence electrons. The molecule has 6 nitrogen and oxygen atoms in total. The fraction of sp³-hybridized carbons (Fsp3) is 0.646. The predicted molar refractivity (Wildman–Crippen MR) is 228 cm³/mol. The molecule has 54 heavy (non-hydrogen) atoms. The van der Waals surface area contributed by atoms with Gasteiger partial charge in [0, 0.05) is 19.3 Å². The number of allylic oxidation sites excluding steroid dienone is 14. The highest BCUT2D eigenvalue weighted by molar-refractivity contribution is 5.71. The fourth-order valence-corrected chi connectivity index (χ4v) is 5.47. The van der Waals surface area contributed by atoms with E-state index in [1.807, 2.05) is 0 Å². The van der Waals surface area contributed by atoms with Crippen molar-refractivity contribution in [1.82, 2.24) is 0 Å². The zero-order chi connectivity index (χ0) is 39.4. The molecule has 0 heterocycles. The average molecular weight is 751 g/mol. The quantitative estimate of drug-likeness (QED) is 0.0272. The summed E-state index contributed by atoms with van der Waals surface area (Å²) < 4.78 is 16.6.